The Labute approximate surface area is 218 Å². The summed E-state index contributed by atoms with van der Waals surface area (Å²) in [5, 5.41) is 0.834. The smallest absolute Gasteiger partial charge is 0.323 e. The third-order valence-electron chi connectivity index (χ3n) is 7.16. The van der Waals surface area contributed by atoms with Crippen LogP contribution in [0.15, 0.2) is 84.9 Å². The number of rotatable bonds is 10. The van der Waals surface area contributed by atoms with Gasteiger partial charge in [-0.2, -0.15) is 0 Å². The molecule has 184 valence electrons. The second-order valence-corrected chi connectivity index (χ2v) is 10.1. The molecule has 3 nitrogen and oxygen atoms in total. The van der Waals surface area contributed by atoms with Crippen LogP contribution in [-0.2, 0) is 34.1 Å². The number of ether oxygens (including phenoxy) is 1. The topological polar surface area (TPSA) is 29.5 Å². The van der Waals surface area contributed by atoms with E-state index in [4.69, 9.17) is 4.74 Å². The molecular weight excluding hydrogens is 498 g/mol. The Bertz CT molecular complexity index is 1040. The Morgan fingerprint density at radius 3 is 2.09 bits per heavy atom. The summed E-state index contributed by atoms with van der Waals surface area (Å²) < 4.78 is 5.64. The van der Waals surface area contributed by atoms with Crippen LogP contribution >= 0.6 is 15.9 Å². The number of carbonyl (C=O) groups excluding carboxylic acids is 1. The van der Waals surface area contributed by atoms with Crippen LogP contribution in [0, 0.1) is 5.92 Å². The van der Waals surface area contributed by atoms with Gasteiger partial charge < -0.3 is 4.74 Å². The number of likely N-dealkylation sites (tertiary alicyclic amines) is 1. The molecule has 0 spiro atoms. The second kappa shape index (κ2) is 13.0. The molecule has 1 heterocycles. The summed E-state index contributed by atoms with van der Waals surface area (Å²) in [6, 6.07) is 30.1. The first-order valence-electron chi connectivity index (χ1n) is 12.8. The van der Waals surface area contributed by atoms with Crippen molar-refractivity contribution >= 4 is 21.9 Å². The predicted molar refractivity (Wildman–Crippen MR) is 147 cm³/mol. The quantitative estimate of drug-likeness (QED) is 0.216. The van der Waals surface area contributed by atoms with Crippen molar-refractivity contribution < 1.29 is 9.53 Å². The number of hydrogen-bond acceptors (Lipinski definition) is 3. The van der Waals surface area contributed by atoms with Crippen LogP contribution in [0.25, 0.3) is 0 Å². The number of esters is 1. The van der Waals surface area contributed by atoms with E-state index in [-0.39, 0.29) is 18.1 Å². The number of benzene rings is 3. The van der Waals surface area contributed by atoms with Gasteiger partial charge in [-0.1, -0.05) is 101 Å². The molecule has 1 fully saturated rings. The number of carbonyl (C=O) groups is 1. The molecule has 0 bridgehead atoms. The van der Waals surface area contributed by atoms with Gasteiger partial charge in [0.2, 0.25) is 0 Å². The molecule has 0 N–H and O–H groups in total. The molecular formula is C31H36BrNO2. The van der Waals surface area contributed by atoms with Gasteiger partial charge in [0.1, 0.15) is 6.04 Å². The van der Waals surface area contributed by atoms with Crippen molar-refractivity contribution in [2.75, 3.05) is 13.2 Å². The van der Waals surface area contributed by atoms with Gasteiger partial charge >= 0.3 is 5.97 Å². The minimum atomic E-state index is -0.281. The van der Waals surface area contributed by atoms with E-state index in [0.29, 0.717) is 18.9 Å². The normalized spacial score (nSPS) is 19.3. The van der Waals surface area contributed by atoms with Crippen molar-refractivity contribution in [1.82, 2.24) is 4.90 Å². The van der Waals surface area contributed by atoms with Gasteiger partial charge in [0.05, 0.1) is 6.61 Å². The fraction of sp³-hybridized carbons (Fsp3) is 0.387. The Kier molecular flexibility index (Phi) is 9.56. The molecule has 0 aliphatic carbocycles. The van der Waals surface area contributed by atoms with Crippen molar-refractivity contribution in [3.8, 4) is 0 Å². The number of nitrogens with zero attached hydrogens (tertiary/aromatic N) is 1. The molecule has 0 radical (unpaired) electrons. The molecule has 35 heavy (non-hydrogen) atoms. The maximum atomic E-state index is 13.4. The van der Waals surface area contributed by atoms with Crippen LogP contribution in [0.2, 0.25) is 0 Å². The van der Waals surface area contributed by atoms with Crippen LogP contribution in [-0.4, -0.2) is 36.1 Å². The van der Waals surface area contributed by atoms with E-state index < -0.39 is 0 Å². The summed E-state index contributed by atoms with van der Waals surface area (Å²) in [6.45, 7) is 3.23. The summed E-state index contributed by atoms with van der Waals surface area (Å²) >= 11 is 3.53. The average molecular weight is 535 g/mol. The van der Waals surface area contributed by atoms with Gasteiger partial charge in [-0.3, -0.25) is 9.69 Å². The molecule has 0 saturated carbocycles. The fourth-order valence-corrected chi connectivity index (χ4v) is 5.78. The molecule has 3 aromatic carbocycles. The first-order chi connectivity index (χ1) is 17.2. The molecule has 1 saturated heterocycles. The van der Waals surface area contributed by atoms with E-state index in [1.165, 1.54) is 28.7 Å². The molecule has 4 rings (SSSR count). The highest BCUT2D eigenvalue weighted by Gasteiger charge is 2.39. The number of alkyl halides is 1. The lowest BCUT2D eigenvalue weighted by Crippen LogP contribution is -2.55. The Hall–Kier alpha value is -2.43. The average Bonchev–Trinajstić information content (AvgIpc) is 2.90. The highest BCUT2D eigenvalue weighted by Crippen LogP contribution is 2.32. The van der Waals surface area contributed by atoms with E-state index in [1.54, 1.807) is 0 Å². The molecule has 0 amide bonds. The molecule has 3 atom stereocenters. The number of piperidine rings is 1. The van der Waals surface area contributed by atoms with Gasteiger partial charge in [-0.25, -0.2) is 0 Å². The summed E-state index contributed by atoms with van der Waals surface area (Å²) in [5.74, 6) is 0.384. The van der Waals surface area contributed by atoms with E-state index >= 15 is 0 Å². The molecule has 1 aliphatic heterocycles. The largest absolute Gasteiger partial charge is 0.465 e. The lowest BCUT2D eigenvalue weighted by Gasteiger charge is -2.45. The van der Waals surface area contributed by atoms with Gasteiger partial charge in [0.15, 0.2) is 0 Å². The molecule has 1 aliphatic rings. The lowest BCUT2D eigenvalue weighted by atomic mass is 9.80. The zero-order chi connectivity index (χ0) is 24.5. The highest BCUT2D eigenvalue weighted by molar-refractivity contribution is 9.08. The maximum Gasteiger partial charge on any atom is 0.323 e. The Morgan fingerprint density at radius 1 is 0.886 bits per heavy atom. The van der Waals surface area contributed by atoms with Crippen LogP contribution in [0.3, 0.4) is 0 Å². The van der Waals surface area contributed by atoms with Gasteiger partial charge in [-0.05, 0) is 73.7 Å². The van der Waals surface area contributed by atoms with Crippen LogP contribution in [0.5, 0.6) is 0 Å². The monoisotopic (exact) mass is 533 g/mol. The van der Waals surface area contributed by atoms with Crippen molar-refractivity contribution in [2.24, 2.45) is 5.92 Å². The van der Waals surface area contributed by atoms with E-state index in [9.17, 15) is 4.79 Å². The molecule has 3 aromatic rings. The molecule has 4 heteroatoms. The summed E-state index contributed by atoms with van der Waals surface area (Å²) in [4.78, 5) is 15.8. The van der Waals surface area contributed by atoms with Gasteiger partial charge in [0.25, 0.3) is 0 Å². The van der Waals surface area contributed by atoms with Crippen LogP contribution < -0.4 is 0 Å². The SMILES string of the molecule is CCOC(=O)C(Cc1ccc(CBr)cc1)N1CCCC(Cc2ccccc2)C1Cc1ccccc1. The first kappa shape index (κ1) is 25.7. The fourth-order valence-electron chi connectivity index (χ4n) is 5.41. The standard InChI is InChI=1S/C31H36BrNO2/c1-2-35-31(34)30(22-26-15-17-27(23-32)18-16-26)33-19-9-14-28(20-24-10-5-3-6-11-24)29(33)21-25-12-7-4-8-13-25/h3-8,10-13,15-18,28-30H,2,9,14,19-23H2,1H3. The first-order valence-corrected chi connectivity index (χ1v) is 13.9. The Balaban J connectivity index is 1.64. The zero-order valence-electron chi connectivity index (χ0n) is 20.6. The number of halogens is 1. The number of hydrogen-bond donors (Lipinski definition) is 0. The van der Waals surface area contributed by atoms with E-state index in [2.05, 4.69) is 106 Å². The van der Waals surface area contributed by atoms with Crippen LogP contribution in [0.4, 0.5) is 0 Å². The molecule has 3 unspecified atom stereocenters. The minimum Gasteiger partial charge on any atom is -0.465 e. The third kappa shape index (κ3) is 7.05. The summed E-state index contributed by atoms with van der Waals surface area (Å²) in [5.41, 5.74) is 5.11. The van der Waals surface area contributed by atoms with Crippen molar-refractivity contribution in [3.63, 3.8) is 0 Å². The van der Waals surface area contributed by atoms with Crippen molar-refractivity contribution in [1.29, 1.82) is 0 Å². The zero-order valence-corrected chi connectivity index (χ0v) is 22.2. The predicted octanol–water partition coefficient (Wildman–Crippen LogP) is 6.62. The highest BCUT2D eigenvalue weighted by atomic mass is 79.9. The van der Waals surface area contributed by atoms with Gasteiger partial charge in [-0.15, -0.1) is 0 Å². The molecule has 0 aromatic heterocycles. The maximum absolute atomic E-state index is 13.4. The van der Waals surface area contributed by atoms with E-state index in [0.717, 1.165) is 31.1 Å². The minimum absolute atomic E-state index is 0.101. The summed E-state index contributed by atoms with van der Waals surface area (Å²) in [7, 11) is 0. The second-order valence-electron chi connectivity index (χ2n) is 9.51. The third-order valence-corrected chi connectivity index (χ3v) is 7.80. The lowest BCUT2D eigenvalue weighted by molar-refractivity contribution is -0.152. The van der Waals surface area contributed by atoms with Crippen LogP contribution in [0.1, 0.15) is 42.0 Å². The van der Waals surface area contributed by atoms with Gasteiger partial charge in [0, 0.05) is 11.4 Å². The van der Waals surface area contributed by atoms with E-state index in [1.807, 2.05) is 6.92 Å². The summed E-state index contributed by atoms with van der Waals surface area (Å²) in [6.07, 6.45) is 4.92. The van der Waals surface area contributed by atoms with Crippen molar-refractivity contribution in [2.45, 2.75) is 56.4 Å². The Morgan fingerprint density at radius 2 is 1.49 bits per heavy atom. The van der Waals surface area contributed by atoms with Crippen molar-refractivity contribution in [3.05, 3.63) is 107 Å².